The van der Waals surface area contributed by atoms with Gasteiger partial charge in [0.1, 0.15) is 5.82 Å². The second-order valence-electron chi connectivity index (χ2n) is 7.41. The molecule has 156 valence electrons. The number of hydrogen-bond acceptors (Lipinski definition) is 4. The molecule has 30 heavy (non-hydrogen) atoms. The van der Waals surface area contributed by atoms with Crippen LogP contribution < -0.4 is 5.32 Å². The van der Waals surface area contributed by atoms with Gasteiger partial charge in [0.05, 0.1) is 16.5 Å². The molecule has 2 atom stereocenters. The van der Waals surface area contributed by atoms with Gasteiger partial charge in [0.25, 0.3) is 0 Å². The second-order valence-corrected chi connectivity index (χ2v) is 9.19. The summed E-state index contributed by atoms with van der Waals surface area (Å²) in [6.07, 6.45) is 1.08. The number of benzene rings is 2. The molecule has 5 nitrogen and oxygen atoms in total. The van der Waals surface area contributed by atoms with Crippen LogP contribution in [-0.2, 0) is 11.3 Å². The van der Waals surface area contributed by atoms with E-state index in [4.69, 9.17) is 23.2 Å². The van der Waals surface area contributed by atoms with Crippen LogP contribution in [0.1, 0.15) is 42.1 Å². The zero-order valence-corrected chi connectivity index (χ0v) is 19.1. The van der Waals surface area contributed by atoms with Gasteiger partial charge in [-0.2, -0.15) is 0 Å². The molecule has 0 unspecified atom stereocenters. The summed E-state index contributed by atoms with van der Waals surface area (Å²) in [6, 6.07) is 13.7. The summed E-state index contributed by atoms with van der Waals surface area (Å²) >= 11 is 13.5. The molecule has 3 aromatic rings. The Labute approximate surface area is 190 Å². The SMILES string of the molecule is CCn1c(SCC(=O)Nc2cc(Cl)ccc2Cl)nnc1[C@H]1C[C@@H]1c1ccc(C)cc1. The second kappa shape index (κ2) is 9.00. The lowest BCUT2D eigenvalue weighted by molar-refractivity contribution is -0.113. The van der Waals surface area contributed by atoms with Gasteiger partial charge in [-0.15, -0.1) is 10.2 Å². The van der Waals surface area contributed by atoms with Gasteiger partial charge < -0.3 is 9.88 Å². The van der Waals surface area contributed by atoms with Gasteiger partial charge in [-0.25, -0.2) is 0 Å². The highest BCUT2D eigenvalue weighted by molar-refractivity contribution is 7.99. The molecule has 1 heterocycles. The molecule has 8 heteroatoms. The van der Waals surface area contributed by atoms with Gasteiger partial charge in [0, 0.05) is 17.5 Å². The van der Waals surface area contributed by atoms with Crippen molar-refractivity contribution < 1.29 is 4.79 Å². The van der Waals surface area contributed by atoms with E-state index >= 15 is 0 Å². The number of nitrogens with zero attached hydrogens (tertiary/aromatic N) is 3. The molecule has 1 amide bonds. The molecule has 0 radical (unpaired) electrons. The van der Waals surface area contributed by atoms with E-state index in [9.17, 15) is 4.79 Å². The average Bonchev–Trinajstić information content (AvgIpc) is 3.41. The predicted molar refractivity (Wildman–Crippen MR) is 123 cm³/mol. The zero-order valence-electron chi connectivity index (χ0n) is 16.7. The van der Waals surface area contributed by atoms with Crippen LogP contribution in [0.2, 0.25) is 10.0 Å². The number of rotatable bonds is 7. The van der Waals surface area contributed by atoms with E-state index in [0.29, 0.717) is 27.6 Å². The monoisotopic (exact) mass is 460 g/mol. The maximum atomic E-state index is 12.4. The first kappa shape index (κ1) is 21.2. The summed E-state index contributed by atoms with van der Waals surface area (Å²) in [5, 5.41) is 13.3. The Morgan fingerprint density at radius 1 is 1.17 bits per heavy atom. The van der Waals surface area contributed by atoms with Crippen molar-refractivity contribution in [3.05, 3.63) is 69.5 Å². The molecule has 1 saturated carbocycles. The highest BCUT2D eigenvalue weighted by Gasteiger charge is 2.43. The van der Waals surface area contributed by atoms with E-state index in [-0.39, 0.29) is 11.7 Å². The molecular formula is C22H22Cl2N4OS. The van der Waals surface area contributed by atoms with Crippen molar-refractivity contribution in [2.75, 3.05) is 11.1 Å². The Morgan fingerprint density at radius 3 is 2.67 bits per heavy atom. The first-order valence-corrected chi connectivity index (χ1v) is 11.6. The normalized spacial score (nSPS) is 17.7. The number of nitrogens with one attached hydrogen (secondary N) is 1. The third-order valence-electron chi connectivity index (χ3n) is 5.22. The smallest absolute Gasteiger partial charge is 0.234 e. The molecular weight excluding hydrogens is 439 g/mol. The minimum absolute atomic E-state index is 0.166. The van der Waals surface area contributed by atoms with Gasteiger partial charge in [-0.1, -0.05) is 64.8 Å². The van der Waals surface area contributed by atoms with E-state index < -0.39 is 0 Å². The summed E-state index contributed by atoms with van der Waals surface area (Å²) in [5.41, 5.74) is 3.12. The Balaban J connectivity index is 1.40. The van der Waals surface area contributed by atoms with Crippen molar-refractivity contribution in [1.82, 2.24) is 14.8 Å². The fraction of sp³-hybridized carbons (Fsp3) is 0.318. The van der Waals surface area contributed by atoms with Crippen molar-refractivity contribution in [3.8, 4) is 0 Å². The molecule has 4 rings (SSSR count). The van der Waals surface area contributed by atoms with Gasteiger partial charge >= 0.3 is 0 Å². The van der Waals surface area contributed by atoms with E-state index in [1.54, 1.807) is 18.2 Å². The third kappa shape index (κ3) is 4.66. The average molecular weight is 461 g/mol. The molecule has 1 aliphatic carbocycles. The van der Waals surface area contributed by atoms with E-state index in [1.807, 2.05) is 0 Å². The maximum absolute atomic E-state index is 12.4. The van der Waals surface area contributed by atoms with Crippen LogP contribution in [0, 0.1) is 6.92 Å². The van der Waals surface area contributed by atoms with Crippen molar-refractivity contribution in [3.63, 3.8) is 0 Å². The largest absolute Gasteiger partial charge is 0.324 e. The molecule has 0 aliphatic heterocycles. The topological polar surface area (TPSA) is 59.8 Å². The fourth-order valence-corrected chi connectivity index (χ4v) is 4.70. The van der Waals surface area contributed by atoms with Gasteiger partial charge in [0.15, 0.2) is 5.16 Å². The molecule has 0 bridgehead atoms. The Hall–Kier alpha value is -2.02. The van der Waals surface area contributed by atoms with E-state index in [0.717, 1.165) is 23.9 Å². The number of hydrogen-bond donors (Lipinski definition) is 1. The van der Waals surface area contributed by atoms with Gasteiger partial charge in [-0.3, -0.25) is 4.79 Å². The molecule has 1 N–H and O–H groups in total. The van der Waals surface area contributed by atoms with Crippen molar-refractivity contribution in [2.45, 2.75) is 43.8 Å². The standard InChI is InChI=1S/C22H22Cl2N4OS/c1-3-28-21(17-11-16(17)14-6-4-13(2)5-7-14)26-27-22(28)30-12-20(29)25-19-10-15(23)8-9-18(19)24/h4-10,16-17H,3,11-12H2,1-2H3,(H,25,29)/t16-,17+/m1/s1. The van der Waals surface area contributed by atoms with Crippen LogP contribution >= 0.6 is 35.0 Å². The van der Waals surface area contributed by atoms with Crippen LogP contribution in [0.4, 0.5) is 5.69 Å². The third-order valence-corrected chi connectivity index (χ3v) is 6.76. The highest BCUT2D eigenvalue weighted by atomic mass is 35.5. The summed E-state index contributed by atoms with van der Waals surface area (Å²) < 4.78 is 2.11. The predicted octanol–water partition coefficient (Wildman–Crippen LogP) is 5.92. The van der Waals surface area contributed by atoms with Crippen LogP contribution in [-0.4, -0.2) is 26.4 Å². The van der Waals surface area contributed by atoms with Crippen LogP contribution in [0.15, 0.2) is 47.6 Å². The molecule has 2 aromatic carbocycles. The summed E-state index contributed by atoms with van der Waals surface area (Å²) in [7, 11) is 0. The van der Waals surface area contributed by atoms with E-state index in [1.165, 1.54) is 22.9 Å². The van der Waals surface area contributed by atoms with Crippen LogP contribution in [0.25, 0.3) is 0 Å². The highest BCUT2D eigenvalue weighted by Crippen LogP contribution is 2.54. The van der Waals surface area contributed by atoms with Crippen molar-refractivity contribution >= 4 is 46.6 Å². The molecule has 0 saturated heterocycles. The van der Waals surface area contributed by atoms with Crippen molar-refractivity contribution in [1.29, 1.82) is 0 Å². The van der Waals surface area contributed by atoms with Crippen molar-refractivity contribution in [2.24, 2.45) is 0 Å². The van der Waals surface area contributed by atoms with E-state index in [2.05, 4.69) is 58.2 Å². The fourth-order valence-electron chi connectivity index (χ4n) is 3.55. The number of aryl methyl sites for hydroxylation is 1. The Kier molecular flexibility index (Phi) is 6.37. The minimum Gasteiger partial charge on any atom is -0.324 e. The molecule has 1 aromatic heterocycles. The quantitative estimate of drug-likeness (QED) is 0.444. The number of amides is 1. The molecule has 0 spiro atoms. The lowest BCUT2D eigenvalue weighted by Crippen LogP contribution is -2.15. The van der Waals surface area contributed by atoms with Gasteiger partial charge in [-0.05, 0) is 49.9 Å². The molecule has 1 fully saturated rings. The summed E-state index contributed by atoms with van der Waals surface area (Å²) in [4.78, 5) is 12.4. The first-order chi connectivity index (χ1) is 14.5. The Bertz CT molecular complexity index is 1070. The number of halogens is 2. The zero-order chi connectivity index (χ0) is 21.3. The number of carbonyl (C=O) groups is 1. The van der Waals surface area contributed by atoms with Crippen LogP contribution in [0.5, 0.6) is 0 Å². The summed E-state index contributed by atoms with van der Waals surface area (Å²) in [5.74, 6) is 1.93. The van der Waals surface area contributed by atoms with Gasteiger partial charge in [0.2, 0.25) is 5.91 Å². The maximum Gasteiger partial charge on any atom is 0.234 e. The number of anilines is 1. The number of aromatic nitrogens is 3. The summed E-state index contributed by atoms with van der Waals surface area (Å²) in [6.45, 7) is 4.94. The lowest BCUT2D eigenvalue weighted by atomic mass is 10.1. The minimum atomic E-state index is -0.166. The number of carbonyl (C=O) groups excluding carboxylic acids is 1. The van der Waals surface area contributed by atoms with Crippen LogP contribution in [0.3, 0.4) is 0 Å². The first-order valence-electron chi connectivity index (χ1n) is 9.83. The Morgan fingerprint density at radius 2 is 1.93 bits per heavy atom. The lowest BCUT2D eigenvalue weighted by Gasteiger charge is -2.09. The molecule has 1 aliphatic rings. The number of thioether (sulfide) groups is 1.